The van der Waals surface area contributed by atoms with Crippen LogP contribution in [0.2, 0.25) is 0 Å². The molecule has 1 aliphatic heterocycles. The Morgan fingerprint density at radius 3 is 2.47 bits per heavy atom. The number of fused-ring (bicyclic) bond motifs is 1. The Bertz CT molecular complexity index is 1210. The Hall–Kier alpha value is -3.28. The zero-order chi connectivity index (χ0) is 22.7. The lowest BCUT2D eigenvalue weighted by Crippen LogP contribution is -2.36. The molecule has 1 atom stereocenters. The zero-order valence-electron chi connectivity index (χ0n) is 19.3. The first-order valence-corrected chi connectivity index (χ1v) is 11.1. The molecule has 1 unspecified atom stereocenters. The SMILES string of the molecule is CC1(C)CC(=O)C2=C(C1)Nc1nc(-c3ccc(C(C)(C)C)cc3)nn1C2c1ccccn1. The van der Waals surface area contributed by atoms with E-state index in [9.17, 15) is 4.79 Å². The molecule has 0 fully saturated rings. The van der Waals surface area contributed by atoms with Crippen molar-refractivity contribution in [3.05, 3.63) is 71.2 Å². The van der Waals surface area contributed by atoms with E-state index in [4.69, 9.17) is 10.1 Å². The maximum Gasteiger partial charge on any atom is 0.226 e. The summed E-state index contributed by atoms with van der Waals surface area (Å²) in [6.07, 6.45) is 3.07. The molecule has 1 aromatic carbocycles. The van der Waals surface area contributed by atoms with Crippen molar-refractivity contribution in [1.82, 2.24) is 19.7 Å². The van der Waals surface area contributed by atoms with Crippen LogP contribution in [-0.2, 0) is 10.2 Å². The third-order valence-electron chi connectivity index (χ3n) is 6.31. The Labute approximate surface area is 188 Å². The van der Waals surface area contributed by atoms with Crippen molar-refractivity contribution in [1.29, 1.82) is 0 Å². The van der Waals surface area contributed by atoms with Crippen molar-refractivity contribution in [3.8, 4) is 11.4 Å². The van der Waals surface area contributed by atoms with Crippen molar-refractivity contribution >= 4 is 11.7 Å². The van der Waals surface area contributed by atoms with Crippen molar-refractivity contribution < 1.29 is 4.79 Å². The average molecular weight is 428 g/mol. The van der Waals surface area contributed by atoms with Crippen LogP contribution in [0.4, 0.5) is 5.95 Å². The highest BCUT2D eigenvalue weighted by molar-refractivity contribution is 6.00. The van der Waals surface area contributed by atoms with E-state index in [1.807, 2.05) is 22.9 Å². The predicted molar refractivity (Wildman–Crippen MR) is 125 cm³/mol. The van der Waals surface area contributed by atoms with Gasteiger partial charge in [0.05, 0.1) is 5.69 Å². The minimum absolute atomic E-state index is 0.0845. The van der Waals surface area contributed by atoms with Gasteiger partial charge in [-0.3, -0.25) is 9.78 Å². The molecule has 0 saturated carbocycles. The molecule has 3 heterocycles. The maximum absolute atomic E-state index is 13.3. The van der Waals surface area contributed by atoms with Crippen LogP contribution < -0.4 is 5.32 Å². The van der Waals surface area contributed by atoms with Crippen molar-refractivity contribution in [3.63, 3.8) is 0 Å². The van der Waals surface area contributed by atoms with Gasteiger partial charge >= 0.3 is 0 Å². The molecule has 2 aliphatic rings. The van der Waals surface area contributed by atoms with Crippen LogP contribution in [0.15, 0.2) is 59.9 Å². The summed E-state index contributed by atoms with van der Waals surface area (Å²) < 4.78 is 1.82. The molecular weight excluding hydrogens is 398 g/mol. The average Bonchev–Trinajstić information content (AvgIpc) is 3.15. The molecule has 2 aromatic heterocycles. The number of rotatable bonds is 2. The largest absolute Gasteiger partial charge is 0.328 e. The third kappa shape index (κ3) is 3.53. The third-order valence-corrected chi connectivity index (χ3v) is 6.31. The number of nitrogens with one attached hydrogen (secondary N) is 1. The van der Waals surface area contributed by atoms with Gasteiger partial charge in [0.15, 0.2) is 11.6 Å². The van der Waals surface area contributed by atoms with E-state index in [2.05, 4.69) is 69.2 Å². The first-order valence-electron chi connectivity index (χ1n) is 11.1. The molecular formula is C26H29N5O. The molecule has 1 aliphatic carbocycles. The normalized spacial score (nSPS) is 19.9. The van der Waals surface area contributed by atoms with Crippen LogP contribution in [0.25, 0.3) is 11.4 Å². The quantitative estimate of drug-likeness (QED) is 0.601. The summed E-state index contributed by atoms with van der Waals surface area (Å²) in [6.45, 7) is 10.9. The second-order valence-corrected chi connectivity index (χ2v) is 10.6. The fraction of sp³-hybridized carbons (Fsp3) is 0.385. The number of Topliss-reactive ketones (excluding diaryl/α,β-unsaturated/α-hetero) is 1. The van der Waals surface area contributed by atoms with E-state index < -0.39 is 0 Å². The van der Waals surface area contributed by atoms with E-state index >= 15 is 0 Å². The number of carbonyl (C=O) groups excluding carboxylic acids is 1. The van der Waals surface area contributed by atoms with E-state index in [0.717, 1.165) is 28.9 Å². The fourth-order valence-electron chi connectivity index (χ4n) is 4.66. The van der Waals surface area contributed by atoms with Crippen LogP contribution in [0.5, 0.6) is 0 Å². The first kappa shape index (κ1) is 20.6. The lowest BCUT2D eigenvalue weighted by Gasteiger charge is -2.37. The monoisotopic (exact) mass is 427 g/mol. The predicted octanol–water partition coefficient (Wildman–Crippen LogP) is 5.30. The number of pyridine rings is 1. The Morgan fingerprint density at radius 1 is 1.06 bits per heavy atom. The number of aromatic nitrogens is 4. The molecule has 32 heavy (non-hydrogen) atoms. The van der Waals surface area contributed by atoms with E-state index in [1.165, 1.54) is 5.56 Å². The molecule has 0 spiro atoms. The zero-order valence-corrected chi connectivity index (χ0v) is 19.3. The summed E-state index contributed by atoms with van der Waals surface area (Å²) in [6, 6.07) is 13.8. The molecule has 0 radical (unpaired) electrons. The summed E-state index contributed by atoms with van der Waals surface area (Å²) in [5.41, 5.74) is 4.71. The molecule has 1 N–H and O–H groups in total. The number of hydrogen-bond acceptors (Lipinski definition) is 5. The number of ketones is 1. The van der Waals surface area contributed by atoms with Crippen LogP contribution in [0, 0.1) is 5.41 Å². The number of carbonyl (C=O) groups is 1. The summed E-state index contributed by atoms with van der Waals surface area (Å²) in [4.78, 5) is 22.7. The van der Waals surface area contributed by atoms with Crippen LogP contribution in [0.3, 0.4) is 0 Å². The van der Waals surface area contributed by atoms with Gasteiger partial charge in [-0.05, 0) is 34.9 Å². The molecule has 164 valence electrons. The lowest BCUT2D eigenvalue weighted by atomic mass is 9.73. The minimum atomic E-state index is -0.374. The topological polar surface area (TPSA) is 72.7 Å². The van der Waals surface area contributed by atoms with Gasteiger partial charge < -0.3 is 5.32 Å². The van der Waals surface area contributed by atoms with Gasteiger partial charge in [-0.15, -0.1) is 5.10 Å². The standard InChI is InChI=1S/C26H29N5O/c1-25(2,3)17-11-9-16(10-12-17)23-29-24-28-19-14-26(4,5)15-20(32)21(19)22(31(24)30-23)18-8-6-7-13-27-18/h6-13,22H,14-15H2,1-5H3,(H,28,29,30). The Morgan fingerprint density at radius 2 is 1.81 bits per heavy atom. The van der Waals surface area contributed by atoms with Gasteiger partial charge in [-0.1, -0.05) is 65.0 Å². The Kier molecular flexibility index (Phi) is 4.59. The number of allylic oxidation sites excluding steroid dienone is 2. The molecule has 5 rings (SSSR count). The first-order chi connectivity index (χ1) is 15.1. The fourth-order valence-corrected chi connectivity index (χ4v) is 4.66. The van der Waals surface area contributed by atoms with Crippen molar-refractivity contribution in [2.45, 2.75) is 58.9 Å². The van der Waals surface area contributed by atoms with E-state index in [-0.39, 0.29) is 22.7 Å². The summed E-state index contributed by atoms with van der Waals surface area (Å²) >= 11 is 0. The molecule has 6 nitrogen and oxygen atoms in total. The van der Waals surface area contributed by atoms with E-state index in [1.54, 1.807) is 6.20 Å². The lowest BCUT2D eigenvalue weighted by molar-refractivity contribution is -0.118. The highest BCUT2D eigenvalue weighted by Crippen LogP contribution is 2.45. The second kappa shape index (κ2) is 7.12. The number of nitrogens with zero attached hydrogens (tertiary/aromatic N) is 4. The van der Waals surface area contributed by atoms with Crippen LogP contribution >= 0.6 is 0 Å². The molecule has 0 amide bonds. The summed E-state index contributed by atoms with van der Waals surface area (Å²) in [7, 11) is 0. The van der Waals surface area contributed by atoms with E-state index in [0.29, 0.717) is 18.2 Å². The number of hydrogen-bond donors (Lipinski definition) is 1. The van der Waals surface area contributed by atoms with Crippen molar-refractivity contribution in [2.24, 2.45) is 5.41 Å². The highest BCUT2D eigenvalue weighted by atomic mass is 16.1. The number of benzene rings is 1. The van der Waals surface area contributed by atoms with Crippen LogP contribution in [0.1, 0.15) is 64.8 Å². The highest BCUT2D eigenvalue weighted by Gasteiger charge is 2.42. The maximum atomic E-state index is 13.3. The smallest absolute Gasteiger partial charge is 0.226 e. The van der Waals surface area contributed by atoms with Gasteiger partial charge in [-0.25, -0.2) is 4.68 Å². The minimum Gasteiger partial charge on any atom is -0.328 e. The van der Waals surface area contributed by atoms with Gasteiger partial charge in [0.2, 0.25) is 5.95 Å². The van der Waals surface area contributed by atoms with Gasteiger partial charge in [0.25, 0.3) is 0 Å². The summed E-state index contributed by atoms with van der Waals surface area (Å²) in [5.74, 6) is 1.44. The number of anilines is 1. The molecule has 6 heteroatoms. The van der Waals surface area contributed by atoms with Crippen LogP contribution in [-0.4, -0.2) is 25.5 Å². The van der Waals surface area contributed by atoms with Gasteiger partial charge in [0.1, 0.15) is 6.04 Å². The molecule has 0 saturated heterocycles. The molecule has 0 bridgehead atoms. The van der Waals surface area contributed by atoms with Crippen molar-refractivity contribution in [2.75, 3.05) is 5.32 Å². The molecule has 3 aromatic rings. The summed E-state index contributed by atoms with van der Waals surface area (Å²) in [5, 5.41) is 8.28. The Balaban J connectivity index is 1.61. The van der Waals surface area contributed by atoms with Gasteiger partial charge in [0, 0.05) is 29.5 Å². The van der Waals surface area contributed by atoms with Gasteiger partial charge in [-0.2, -0.15) is 4.98 Å². The second-order valence-electron chi connectivity index (χ2n) is 10.6.